The van der Waals surface area contributed by atoms with Crippen LogP contribution in [-0.2, 0) is 13.1 Å². The predicted molar refractivity (Wildman–Crippen MR) is 74.9 cm³/mol. The molecule has 0 aromatic carbocycles. The van der Waals surface area contributed by atoms with Gasteiger partial charge >= 0.3 is 0 Å². The van der Waals surface area contributed by atoms with Crippen LogP contribution in [0.15, 0.2) is 18.7 Å². The maximum Gasteiger partial charge on any atom is 0.243 e. The maximum atomic E-state index is 3.27. The van der Waals surface area contributed by atoms with Crippen LogP contribution >= 0.6 is 11.9 Å². The third-order valence-corrected chi connectivity index (χ3v) is 3.35. The van der Waals surface area contributed by atoms with Crippen molar-refractivity contribution in [3.05, 3.63) is 18.7 Å². The second kappa shape index (κ2) is 9.54. The van der Waals surface area contributed by atoms with Crippen molar-refractivity contribution in [2.24, 2.45) is 0 Å². The van der Waals surface area contributed by atoms with Crippen LogP contribution in [0.4, 0.5) is 0 Å². The number of nitrogens with one attached hydrogen (secondary N) is 1. The molecule has 1 rings (SSSR count). The topological polar surface area (TPSA) is 20.8 Å². The van der Waals surface area contributed by atoms with Crippen LogP contribution in [0.1, 0.15) is 39.0 Å². The van der Waals surface area contributed by atoms with Crippen LogP contribution in [0.2, 0.25) is 0 Å². The van der Waals surface area contributed by atoms with Crippen LogP contribution < -0.4 is 9.29 Å². The molecular formula is C13H26N3S+. The fraction of sp³-hybridized carbons (Fsp3) is 0.769. The molecule has 1 aromatic rings. The highest BCUT2D eigenvalue weighted by Gasteiger charge is 2.02. The van der Waals surface area contributed by atoms with Crippen molar-refractivity contribution in [1.82, 2.24) is 9.29 Å². The molecule has 0 aliphatic carbocycles. The number of hydrogen-bond acceptors (Lipinski definition) is 2. The summed E-state index contributed by atoms with van der Waals surface area (Å²) in [5.41, 5.74) is 0. The molecule has 1 aromatic heterocycles. The van der Waals surface area contributed by atoms with Crippen molar-refractivity contribution in [3.8, 4) is 0 Å². The van der Waals surface area contributed by atoms with Crippen molar-refractivity contribution in [2.75, 3.05) is 12.8 Å². The Hall–Kier alpha value is -0.480. The van der Waals surface area contributed by atoms with Crippen LogP contribution in [0.3, 0.4) is 0 Å². The third kappa shape index (κ3) is 6.74. The smallest absolute Gasteiger partial charge is 0.243 e. The van der Waals surface area contributed by atoms with E-state index in [4.69, 9.17) is 0 Å². The average Bonchev–Trinajstić information content (AvgIpc) is 2.78. The number of imidazole rings is 1. The van der Waals surface area contributed by atoms with E-state index in [1.165, 1.54) is 32.1 Å². The quantitative estimate of drug-likeness (QED) is 0.395. The zero-order chi connectivity index (χ0) is 12.3. The van der Waals surface area contributed by atoms with Gasteiger partial charge in [-0.25, -0.2) is 9.13 Å². The average molecular weight is 256 g/mol. The Morgan fingerprint density at radius 1 is 1.24 bits per heavy atom. The lowest BCUT2D eigenvalue weighted by Crippen LogP contribution is -2.32. The van der Waals surface area contributed by atoms with Gasteiger partial charge in [-0.05, 0) is 25.5 Å². The number of rotatable bonds is 10. The fourth-order valence-corrected chi connectivity index (χ4v) is 2.21. The molecule has 0 aliphatic heterocycles. The first-order valence-electron chi connectivity index (χ1n) is 6.67. The minimum atomic E-state index is 1.08. The first kappa shape index (κ1) is 14.6. The molecule has 98 valence electrons. The normalized spacial score (nSPS) is 10.9. The van der Waals surface area contributed by atoms with Gasteiger partial charge in [0.05, 0.1) is 13.1 Å². The molecule has 1 N–H and O–H groups in total. The van der Waals surface area contributed by atoms with Crippen LogP contribution in [-0.4, -0.2) is 17.4 Å². The van der Waals surface area contributed by atoms with Gasteiger partial charge in [0.1, 0.15) is 12.4 Å². The van der Waals surface area contributed by atoms with Crippen molar-refractivity contribution in [2.45, 2.75) is 52.1 Å². The second-order valence-electron chi connectivity index (χ2n) is 4.40. The summed E-state index contributed by atoms with van der Waals surface area (Å²) >= 11 is 1.69. The molecule has 1 heterocycles. The Labute approximate surface area is 110 Å². The Kier molecular flexibility index (Phi) is 8.18. The molecule has 0 unspecified atom stereocenters. The third-order valence-electron chi connectivity index (χ3n) is 2.86. The minimum absolute atomic E-state index is 1.08. The maximum absolute atomic E-state index is 3.27. The Balaban J connectivity index is 2.14. The predicted octanol–water partition coefficient (Wildman–Crippen LogP) is 2.61. The largest absolute Gasteiger partial charge is 0.264 e. The van der Waals surface area contributed by atoms with E-state index in [0.717, 1.165) is 19.6 Å². The summed E-state index contributed by atoms with van der Waals surface area (Å²) in [6.07, 6.45) is 15.2. The van der Waals surface area contributed by atoms with E-state index in [2.05, 4.69) is 45.8 Å². The molecule has 0 atom stereocenters. The number of unbranched alkanes of at least 4 members (excludes halogenated alkanes) is 3. The SMILES string of the molecule is CCCCCCn1cc[n+](CCCNSC)c1. The first-order chi connectivity index (χ1) is 8.36. The Morgan fingerprint density at radius 3 is 2.88 bits per heavy atom. The number of aryl methyl sites for hydroxylation is 2. The van der Waals surface area contributed by atoms with Crippen molar-refractivity contribution >= 4 is 11.9 Å². The van der Waals surface area contributed by atoms with E-state index in [-0.39, 0.29) is 0 Å². The molecular weight excluding hydrogens is 230 g/mol. The molecule has 0 spiro atoms. The first-order valence-corrected chi connectivity index (χ1v) is 7.90. The van der Waals surface area contributed by atoms with Crippen molar-refractivity contribution in [3.63, 3.8) is 0 Å². The molecule has 4 heteroatoms. The summed E-state index contributed by atoms with van der Waals surface area (Å²) in [5.74, 6) is 0. The van der Waals surface area contributed by atoms with Crippen LogP contribution in [0.25, 0.3) is 0 Å². The lowest BCUT2D eigenvalue weighted by Gasteiger charge is -1.98. The standard InChI is InChI=1S/C13H26N3S/c1-3-4-5-6-9-15-11-12-16(13-15)10-7-8-14-17-2/h11-14H,3-10H2,1-2H3/q+1. The molecule has 17 heavy (non-hydrogen) atoms. The summed E-state index contributed by atoms with van der Waals surface area (Å²) in [5, 5.41) is 0. The van der Waals surface area contributed by atoms with Gasteiger partial charge in [-0.1, -0.05) is 31.7 Å². The molecule has 0 radical (unpaired) electrons. The van der Waals surface area contributed by atoms with Gasteiger partial charge in [-0.2, -0.15) is 0 Å². The second-order valence-corrected chi connectivity index (χ2v) is 5.10. The van der Waals surface area contributed by atoms with E-state index in [0.29, 0.717) is 0 Å². The molecule has 0 fully saturated rings. The van der Waals surface area contributed by atoms with E-state index in [9.17, 15) is 0 Å². The molecule has 0 saturated heterocycles. The van der Waals surface area contributed by atoms with Gasteiger partial charge < -0.3 is 0 Å². The zero-order valence-electron chi connectivity index (χ0n) is 11.2. The van der Waals surface area contributed by atoms with Gasteiger partial charge in [0.25, 0.3) is 0 Å². The van der Waals surface area contributed by atoms with E-state index in [1.807, 2.05) is 0 Å². The highest BCUT2D eigenvalue weighted by atomic mass is 32.2. The Bertz CT molecular complexity index is 259. The highest BCUT2D eigenvalue weighted by molar-refractivity contribution is 7.96. The molecule has 0 bridgehead atoms. The molecule has 0 aliphatic rings. The molecule has 0 amide bonds. The summed E-state index contributed by atoms with van der Waals surface area (Å²) in [4.78, 5) is 0. The van der Waals surface area contributed by atoms with E-state index in [1.54, 1.807) is 11.9 Å². The lowest BCUT2D eigenvalue weighted by molar-refractivity contribution is -0.696. The zero-order valence-corrected chi connectivity index (χ0v) is 12.0. The lowest BCUT2D eigenvalue weighted by atomic mass is 10.2. The summed E-state index contributed by atoms with van der Waals surface area (Å²) in [6.45, 7) is 5.60. The highest BCUT2D eigenvalue weighted by Crippen LogP contribution is 2.00. The molecule has 3 nitrogen and oxygen atoms in total. The summed E-state index contributed by atoms with van der Waals surface area (Å²) in [7, 11) is 0. The van der Waals surface area contributed by atoms with Crippen LogP contribution in [0, 0.1) is 0 Å². The van der Waals surface area contributed by atoms with Crippen molar-refractivity contribution in [1.29, 1.82) is 0 Å². The minimum Gasteiger partial charge on any atom is -0.264 e. The van der Waals surface area contributed by atoms with E-state index < -0.39 is 0 Å². The number of hydrogen-bond donors (Lipinski definition) is 1. The van der Waals surface area contributed by atoms with Crippen LogP contribution in [0.5, 0.6) is 0 Å². The van der Waals surface area contributed by atoms with Gasteiger partial charge in [0, 0.05) is 6.54 Å². The Morgan fingerprint density at radius 2 is 2.12 bits per heavy atom. The van der Waals surface area contributed by atoms with Gasteiger partial charge in [-0.3, -0.25) is 4.72 Å². The van der Waals surface area contributed by atoms with Gasteiger partial charge in [-0.15, -0.1) is 0 Å². The number of nitrogens with zero attached hydrogens (tertiary/aromatic N) is 2. The van der Waals surface area contributed by atoms with Gasteiger partial charge in [0.15, 0.2) is 0 Å². The number of aromatic nitrogens is 2. The monoisotopic (exact) mass is 256 g/mol. The van der Waals surface area contributed by atoms with Gasteiger partial charge in [0.2, 0.25) is 6.33 Å². The van der Waals surface area contributed by atoms with E-state index >= 15 is 0 Å². The fourth-order valence-electron chi connectivity index (χ4n) is 1.86. The molecule has 0 saturated carbocycles. The summed E-state index contributed by atoms with van der Waals surface area (Å²) < 4.78 is 7.85. The summed E-state index contributed by atoms with van der Waals surface area (Å²) in [6, 6.07) is 0. The van der Waals surface area contributed by atoms with Crippen molar-refractivity contribution < 1.29 is 4.57 Å².